The van der Waals surface area contributed by atoms with Crippen molar-refractivity contribution in [3.8, 4) is 17.6 Å². The standard InChI is InChI=1S/C18H22N2O4/c1-23-14-8-12(9-15(10-14)24-2)17(21)16(11-19)18(22)20-13-6-4-3-5-7-13/h8-10,13,16H,3-7H2,1-2H3,(H,20,22)/t16-/m1/s1. The Morgan fingerprint density at radius 1 is 1.12 bits per heavy atom. The minimum absolute atomic E-state index is 0.0507. The summed E-state index contributed by atoms with van der Waals surface area (Å²) >= 11 is 0. The molecule has 0 unspecified atom stereocenters. The Morgan fingerprint density at radius 2 is 1.71 bits per heavy atom. The van der Waals surface area contributed by atoms with Crippen molar-refractivity contribution in [3.05, 3.63) is 23.8 Å². The third-order valence-corrected chi connectivity index (χ3v) is 4.24. The quantitative estimate of drug-likeness (QED) is 0.639. The molecule has 1 N–H and O–H groups in total. The maximum absolute atomic E-state index is 12.6. The lowest BCUT2D eigenvalue weighted by Crippen LogP contribution is -2.42. The summed E-state index contributed by atoms with van der Waals surface area (Å²) in [6.45, 7) is 0. The van der Waals surface area contributed by atoms with Gasteiger partial charge in [-0.05, 0) is 25.0 Å². The summed E-state index contributed by atoms with van der Waals surface area (Å²) in [6.07, 6.45) is 5.07. The fourth-order valence-electron chi connectivity index (χ4n) is 2.88. The predicted molar refractivity (Wildman–Crippen MR) is 88.0 cm³/mol. The van der Waals surface area contributed by atoms with Crippen LogP contribution in [0.5, 0.6) is 11.5 Å². The number of nitrogens with one attached hydrogen (secondary N) is 1. The zero-order valence-corrected chi connectivity index (χ0v) is 14.0. The Morgan fingerprint density at radius 3 is 2.21 bits per heavy atom. The number of benzene rings is 1. The Balaban J connectivity index is 2.16. The molecule has 0 heterocycles. The van der Waals surface area contributed by atoms with E-state index in [0.717, 1.165) is 32.1 Å². The predicted octanol–water partition coefficient (Wildman–Crippen LogP) is 2.48. The largest absolute Gasteiger partial charge is 0.497 e. The van der Waals surface area contributed by atoms with Crippen LogP contribution < -0.4 is 14.8 Å². The number of rotatable bonds is 6. The first-order valence-corrected chi connectivity index (χ1v) is 8.06. The molecule has 1 aliphatic rings. The second-order valence-electron chi connectivity index (χ2n) is 5.87. The van der Waals surface area contributed by atoms with Gasteiger partial charge >= 0.3 is 0 Å². The summed E-state index contributed by atoms with van der Waals surface area (Å²) in [5.41, 5.74) is 0.219. The highest BCUT2D eigenvalue weighted by atomic mass is 16.5. The van der Waals surface area contributed by atoms with Crippen LogP contribution in [0.15, 0.2) is 18.2 Å². The molecule has 6 nitrogen and oxygen atoms in total. The van der Waals surface area contributed by atoms with Gasteiger partial charge in [-0.1, -0.05) is 19.3 Å². The Hall–Kier alpha value is -2.55. The Labute approximate surface area is 141 Å². The normalized spacial score (nSPS) is 15.9. The van der Waals surface area contributed by atoms with Crippen LogP contribution in [-0.4, -0.2) is 32.0 Å². The third kappa shape index (κ3) is 4.25. The summed E-state index contributed by atoms with van der Waals surface area (Å²) in [6, 6.07) is 6.50. The Kier molecular flexibility index (Phi) is 6.19. The second kappa shape index (κ2) is 8.34. The lowest BCUT2D eigenvalue weighted by Gasteiger charge is -2.23. The fraction of sp³-hybridized carbons (Fsp3) is 0.500. The molecule has 1 aromatic rings. The zero-order chi connectivity index (χ0) is 17.5. The minimum Gasteiger partial charge on any atom is -0.497 e. The molecule has 0 spiro atoms. The average Bonchev–Trinajstić information content (AvgIpc) is 2.62. The molecule has 6 heteroatoms. The first kappa shape index (κ1) is 17.8. The second-order valence-corrected chi connectivity index (χ2v) is 5.87. The molecule has 24 heavy (non-hydrogen) atoms. The first-order chi connectivity index (χ1) is 11.6. The smallest absolute Gasteiger partial charge is 0.245 e. The van der Waals surface area contributed by atoms with Crippen molar-refractivity contribution in [2.45, 2.75) is 38.1 Å². The number of methoxy groups -OCH3 is 2. The van der Waals surface area contributed by atoms with E-state index in [4.69, 9.17) is 9.47 Å². The van der Waals surface area contributed by atoms with Gasteiger partial charge in [0.15, 0.2) is 11.7 Å². The number of ether oxygens (including phenoxy) is 2. The number of carbonyl (C=O) groups is 2. The van der Waals surface area contributed by atoms with E-state index in [9.17, 15) is 14.9 Å². The highest BCUT2D eigenvalue weighted by molar-refractivity contribution is 6.12. The SMILES string of the molecule is COc1cc(OC)cc(C(=O)[C@@H](C#N)C(=O)NC2CCCCC2)c1. The molecule has 1 atom stereocenters. The number of nitriles is 1. The molecule has 128 valence electrons. The number of hydrogen-bond donors (Lipinski definition) is 1. The molecule has 0 radical (unpaired) electrons. The van der Waals surface area contributed by atoms with Gasteiger partial charge in [0.2, 0.25) is 5.91 Å². The van der Waals surface area contributed by atoms with Crippen molar-refractivity contribution in [2.24, 2.45) is 5.92 Å². The average molecular weight is 330 g/mol. The van der Waals surface area contributed by atoms with Gasteiger partial charge in [0.25, 0.3) is 0 Å². The van der Waals surface area contributed by atoms with Crippen LogP contribution in [0.25, 0.3) is 0 Å². The van der Waals surface area contributed by atoms with Crippen molar-refractivity contribution < 1.29 is 19.1 Å². The van der Waals surface area contributed by atoms with Crippen LogP contribution in [0, 0.1) is 17.2 Å². The monoisotopic (exact) mass is 330 g/mol. The van der Waals surface area contributed by atoms with Crippen LogP contribution in [0.4, 0.5) is 0 Å². The summed E-state index contributed by atoms with van der Waals surface area (Å²) in [7, 11) is 2.95. The molecule has 0 saturated heterocycles. The molecular formula is C18H22N2O4. The maximum atomic E-state index is 12.6. The van der Waals surface area contributed by atoms with E-state index in [1.807, 2.05) is 6.07 Å². The highest BCUT2D eigenvalue weighted by Crippen LogP contribution is 2.25. The van der Waals surface area contributed by atoms with E-state index < -0.39 is 17.6 Å². The molecule has 0 bridgehead atoms. The number of hydrogen-bond acceptors (Lipinski definition) is 5. The summed E-state index contributed by atoms with van der Waals surface area (Å²) in [5.74, 6) is -1.59. The molecule has 1 amide bonds. The van der Waals surface area contributed by atoms with Crippen LogP contribution in [0.3, 0.4) is 0 Å². The van der Waals surface area contributed by atoms with E-state index in [0.29, 0.717) is 11.5 Å². The van der Waals surface area contributed by atoms with Gasteiger partial charge in [-0.3, -0.25) is 9.59 Å². The van der Waals surface area contributed by atoms with Crippen LogP contribution in [0.2, 0.25) is 0 Å². The van der Waals surface area contributed by atoms with Gasteiger partial charge in [-0.15, -0.1) is 0 Å². The number of amides is 1. The lowest BCUT2D eigenvalue weighted by molar-refractivity contribution is -0.123. The third-order valence-electron chi connectivity index (χ3n) is 4.24. The van der Waals surface area contributed by atoms with Gasteiger partial charge in [-0.25, -0.2) is 0 Å². The van der Waals surface area contributed by atoms with Crippen LogP contribution >= 0.6 is 0 Å². The van der Waals surface area contributed by atoms with Gasteiger partial charge in [0.1, 0.15) is 11.5 Å². The topological polar surface area (TPSA) is 88.4 Å². The van der Waals surface area contributed by atoms with Gasteiger partial charge < -0.3 is 14.8 Å². The molecular weight excluding hydrogens is 308 g/mol. The maximum Gasteiger partial charge on any atom is 0.245 e. The van der Waals surface area contributed by atoms with E-state index in [-0.39, 0.29) is 11.6 Å². The number of Topliss-reactive ketones (excluding diaryl/α,β-unsaturated/α-hetero) is 1. The van der Waals surface area contributed by atoms with Crippen molar-refractivity contribution >= 4 is 11.7 Å². The van der Waals surface area contributed by atoms with Gasteiger partial charge in [0.05, 0.1) is 20.3 Å². The molecule has 1 fully saturated rings. The van der Waals surface area contributed by atoms with Gasteiger partial charge in [-0.2, -0.15) is 5.26 Å². The van der Waals surface area contributed by atoms with Crippen LogP contribution in [-0.2, 0) is 4.79 Å². The Bertz CT molecular complexity index is 623. The number of carbonyl (C=O) groups excluding carboxylic acids is 2. The molecule has 1 aliphatic carbocycles. The fourth-order valence-corrected chi connectivity index (χ4v) is 2.88. The molecule has 1 aromatic carbocycles. The van der Waals surface area contributed by atoms with Gasteiger partial charge in [0, 0.05) is 17.7 Å². The lowest BCUT2D eigenvalue weighted by atomic mass is 9.93. The minimum atomic E-state index is -1.37. The molecule has 0 aliphatic heterocycles. The van der Waals surface area contributed by atoms with E-state index in [2.05, 4.69) is 5.32 Å². The van der Waals surface area contributed by atoms with Crippen molar-refractivity contribution in [1.82, 2.24) is 5.32 Å². The number of ketones is 1. The summed E-state index contributed by atoms with van der Waals surface area (Å²) < 4.78 is 10.3. The van der Waals surface area contributed by atoms with Crippen molar-refractivity contribution in [3.63, 3.8) is 0 Å². The van der Waals surface area contributed by atoms with Crippen LogP contribution in [0.1, 0.15) is 42.5 Å². The zero-order valence-electron chi connectivity index (χ0n) is 14.0. The number of nitrogens with zero attached hydrogens (tertiary/aromatic N) is 1. The van der Waals surface area contributed by atoms with E-state index >= 15 is 0 Å². The van der Waals surface area contributed by atoms with E-state index in [1.165, 1.54) is 26.4 Å². The van der Waals surface area contributed by atoms with Crippen molar-refractivity contribution in [2.75, 3.05) is 14.2 Å². The molecule has 0 aromatic heterocycles. The molecule has 1 saturated carbocycles. The molecule has 2 rings (SSSR count). The highest BCUT2D eigenvalue weighted by Gasteiger charge is 2.30. The van der Waals surface area contributed by atoms with Crippen molar-refractivity contribution in [1.29, 1.82) is 5.26 Å². The van der Waals surface area contributed by atoms with E-state index in [1.54, 1.807) is 6.07 Å². The first-order valence-electron chi connectivity index (χ1n) is 8.06. The summed E-state index contributed by atoms with van der Waals surface area (Å²) in [5, 5.41) is 12.1. The summed E-state index contributed by atoms with van der Waals surface area (Å²) in [4.78, 5) is 25.0.